The Bertz CT molecular complexity index is 1420. The number of carbonyl (C=O) groups excluding carboxylic acids is 4. The van der Waals surface area contributed by atoms with Crippen LogP contribution in [0.5, 0.6) is 11.5 Å². The van der Waals surface area contributed by atoms with Gasteiger partial charge in [-0.05, 0) is 18.2 Å². The second-order valence-corrected chi connectivity index (χ2v) is 8.93. The topological polar surface area (TPSA) is 116 Å². The van der Waals surface area contributed by atoms with Crippen molar-refractivity contribution in [3.05, 3.63) is 46.8 Å². The Labute approximate surface area is 203 Å². The van der Waals surface area contributed by atoms with Gasteiger partial charge in [0.1, 0.15) is 13.2 Å². The van der Waals surface area contributed by atoms with Crippen LogP contribution < -0.4 is 19.2 Å². The molecule has 3 amide bonds. The summed E-state index contributed by atoms with van der Waals surface area (Å²) in [5.74, 6) is -0.333. The number of amides is 3. The van der Waals surface area contributed by atoms with Gasteiger partial charge in [-0.15, -0.1) is 0 Å². The van der Waals surface area contributed by atoms with E-state index in [1.165, 1.54) is 24.5 Å². The Morgan fingerprint density at radius 2 is 1.77 bits per heavy atom. The molecule has 2 aliphatic heterocycles. The Morgan fingerprint density at radius 3 is 2.49 bits per heavy atom. The van der Waals surface area contributed by atoms with Crippen LogP contribution in [0.25, 0.3) is 10.2 Å². The number of aromatic nitrogens is 1. The summed E-state index contributed by atoms with van der Waals surface area (Å²) in [6, 6.07) is 9.92. The Balaban J connectivity index is 1.55. The number of rotatable bonds is 5. The number of imide groups is 1. The molecule has 0 radical (unpaired) electrons. The van der Waals surface area contributed by atoms with Crippen LogP contribution in [0.3, 0.4) is 0 Å². The quantitative estimate of drug-likeness (QED) is 0.394. The van der Waals surface area contributed by atoms with Crippen LogP contribution in [0.1, 0.15) is 29.6 Å². The molecule has 1 fully saturated rings. The van der Waals surface area contributed by atoms with Crippen molar-refractivity contribution >= 4 is 50.9 Å². The molecule has 0 unspecified atom stereocenters. The Kier molecular flexibility index (Phi) is 6.08. The summed E-state index contributed by atoms with van der Waals surface area (Å²) < 4.78 is 18.7. The summed E-state index contributed by atoms with van der Waals surface area (Å²) in [5.41, 5.74) is 1.32. The average molecular weight is 496 g/mol. The molecular weight excluding hydrogens is 474 g/mol. The molecule has 10 nitrogen and oxygen atoms in total. The van der Waals surface area contributed by atoms with Gasteiger partial charge in [0.25, 0.3) is 5.91 Å². The third kappa shape index (κ3) is 4.42. The summed E-state index contributed by atoms with van der Waals surface area (Å²) in [6.07, 6.45) is 0.397. The Morgan fingerprint density at radius 1 is 1.06 bits per heavy atom. The third-order valence-electron chi connectivity index (χ3n) is 5.71. The number of thiazole rings is 1. The number of anilines is 1. The summed E-state index contributed by atoms with van der Waals surface area (Å²) in [7, 11) is 1.32. The molecule has 180 valence electrons. The van der Waals surface area contributed by atoms with Gasteiger partial charge in [0, 0.05) is 37.1 Å². The van der Waals surface area contributed by atoms with Crippen molar-refractivity contribution in [3.63, 3.8) is 0 Å². The van der Waals surface area contributed by atoms with E-state index >= 15 is 0 Å². The zero-order valence-corrected chi connectivity index (χ0v) is 19.6. The number of esters is 1. The summed E-state index contributed by atoms with van der Waals surface area (Å²) in [5, 5.41) is 0. The highest BCUT2D eigenvalue weighted by Gasteiger charge is 2.30. The largest absolute Gasteiger partial charge is 0.486 e. The number of ether oxygens (including phenoxy) is 3. The van der Waals surface area contributed by atoms with Crippen LogP contribution in [0.15, 0.2) is 41.4 Å². The van der Waals surface area contributed by atoms with Crippen molar-refractivity contribution < 1.29 is 33.4 Å². The van der Waals surface area contributed by atoms with E-state index < -0.39 is 5.91 Å². The second kappa shape index (κ2) is 9.34. The molecule has 0 N–H and O–H groups in total. The SMILES string of the molecule is COC(=O)CCn1c(=NC(=O)c2cccc(N3C(=O)CCC3=O)c2)sc2cc3c(cc21)OCCO3. The van der Waals surface area contributed by atoms with E-state index in [4.69, 9.17) is 14.2 Å². The number of hydrogen-bond donors (Lipinski definition) is 0. The van der Waals surface area contributed by atoms with Gasteiger partial charge < -0.3 is 18.8 Å². The number of carbonyl (C=O) groups is 4. The molecule has 0 spiro atoms. The van der Waals surface area contributed by atoms with Crippen molar-refractivity contribution in [3.8, 4) is 11.5 Å². The van der Waals surface area contributed by atoms with Crippen molar-refractivity contribution in [1.82, 2.24) is 4.57 Å². The van der Waals surface area contributed by atoms with Gasteiger partial charge in [-0.3, -0.25) is 24.1 Å². The van der Waals surface area contributed by atoms with E-state index in [0.29, 0.717) is 35.2 Å². The van der Waals surface area contributed by atoms with Crippen LogP contribution in [0, 0.1) is 0 Å². The molecule has 5 rings (SSSR count). The van der Waals surface area contributed by atoms with Gasteiger partial charge in [-0.25, -0.2) is 0 Å². The lowest BCUT2D eigenvalue weighted by Gasteiger charge is -2.18. The van der Waals surface area contributed by atoms with Crippen LogP contribution in [0.2, 0.25) is 0 Å². The van der Waals surface area contributed by atoms with Gasteiger partial charge in [-0.2, -0.15) is 4.99 Å². The monoisotopic (exact) mass is 495 g/mol. The first-order valence-electron chi connectivity index (χ1n) is 11.0. The summed E-state index contributed by atoms with van der Waals surface area (Å²) in [6.45, 7) is 1.12. The van der Waals surface area contributed by atoms with E-state index in [2.05, 4.69) is 4.99 Å². The molecule has 3 aromatic rings. The van der Waals surface area contributed by atoms with Crippen LogP contribution in [-0.4, -0.2) is 48.6 Å². The lowest BCUT2D eigenvalue weighted by atomic mass is 10.2. The van der Waals surface area contributed by atoms with Crippen LogP contribution >= 0.6 is 11.3 Å². The van der Waals surface area contributed by atoms with Gasteiger partial charge in [0.2, 0.25) is 11.8 Å². The molecule has 1 aromatic heterocycles. The number of methoxy groups -OCH3 is 1. The highest BCUT2D eigenvalue weighted by molar-refractivity contribution is 7.16. The number of nitrogens with zero attached hydrogens (tertiary/aromatic N) is 3. The van der Waals surface area contributed by atoms with E-state index in [0.717, 1.165) is 15.1 Å². The minimum atomic E-state index is -0.540. The molecule has 0 bridgehead atoms. The standard InChI is InChI=1S/C24H21N3O7S/c1-32-22(30)7-8-26-16-12-17-18(34-10-9-33-17)13-19(16)35-24(26)25-23(31)14-3-2-4-15(11-14)27-20(28)5-6-21(27)29/h2-4,11-13H,5-10H2,1H3. The van der Waals surface area contributed by atoms with E-state index in [1.807, 2.05) is 12.1 Å². The molecule has 0 aliphatic carbocycles. The molecule has 2 aliphatic rings. The summed E-state index contributed by atoms with van der Waals surface area (Å²) >= 11 is 1.28. The van der Waals surface area contributed by atoms with Crippen LogP contribution in [0.4, 0.5) is 5.69 Å². The molecule has 3 heterocycles. The smallest absolute Gasteiger partial charge is 0.307 e. The molecule has 35 heavy (non-hydrogen) atoms. The van der Waals surface area contributed by atoms with E-state index in [1.54, 1.807) is 22.8 Å². The number of aryl methyl sites for hydroxylation is 1. The highest BCUT2D eigenvalue weighted by Crippen LogP contribution is 2.35. The van der Waals surface area contributed by atoms with Gasteiger partial charge in [-0.1, -0.05) is 17.4 Å². The molecular formula is C24H21N3O7S. The van der Waals surface area contributed by atoms with Gasteiger partial charge >= 0.3 is 5.97 Å². The fourth-order valence-corrected chi connectivity index (χ4v) is 5.07. The fraction of sp³-hybridized carbons (Fsp3) is 0.292. The molecule has 11 heteroatoms. The lowest BCUT2D eigenvalue weighted by Crippen LogP contribution is -2.28. The highest BCUT2D eigenvalue weighted by atomic mass is 32.1. The Hall–Kier alpha value is -3.99. The minimum absolute atomic E-state index is 0.0901. The average Bonchev–Trinajstić information content (AvgIpc) is 3.38. The minimum Gasteiger partial charge on any atom is -0.486 e. The van der Waals surface area contributed by atoms with Crippen molar-refractivity contribution in [1.29, 1.82) is 0 Å². The maximum absolute atomic E-state index is 13.1. The number of hydrogen-bond acceptors (Lipinski definition) is 8. The first-order valence-corrected chi connectivity index (χ1v) is 11.8. The number of fused-ring (bicyclic) bond motifs is 2. The molecule has 0 saturated carbocycles. The van der Waals surface area contributed by atoms with E-state index in [-0.39, 0.29) is 49.2 Å². The van der Waals surface area contributed by atoms with Gasteiger partial charge in [0.15, 0.2) is 16.3 Å². The predicted octanol–water partition coefficient (Wildman–Crippen LogP) is 2.43. The van der Waals surface area contributed by atoms with Crippen molar-refractivity contribution in [2.24, 2.45) is 4.99 Å². The third-order valence-corrected chi connectivity index (χ3v) is 6.76. The second-order valence-electron chi connectivity index (χ2n) is 7.92. The number of benzene rings is 2. The maximum Gasteiger partial charge on any atom is 0.307 e. The predicted molar refractivity (Wildman–Crippen MR) is 126 cm³/mol. The maximum atomic E-state index is 13.1. The first-order chi connectivity index (χ1) is 16.9. The van der Waals surface area contributed by atoms with Crippen LogP contribution in [-0.2, 0) is 25.7 Å². The lowest BCUT2D eigenvalue weighted by molar-refractivity contribution is -0.140. The van der Waals surface area contributed by atoms with Crippen molar-refractivity contribution in [2.45, 2.75) is 25.8 Å². The first kappa shape index (κ1) is 22.8. The zero-order valence-electron chi connectivity index (χ0n) is 18.8. The summed E-state index contributed by atoms with van der Waals surface area (Å²) in [4.78, 5) is 54.9. The molecule has 2 aromatic carbocycles. The fourth-order valence-electron chi connectivity index (χ4n) is 4.01. The molecule has 0 atom stereocenters. The zero-order chi connectivity index (χ0) is 24.5. The van der Waals surface area contributed by atoms with E-state index in [9.17, 15) is 19.2 Å². The normalized spacial score (nSPS) is 15.7. The molecule has 1 saturated heterocycles. The van der Waals surface area contributed by atoms with Crippen molar-refractivity contribution in [2.75, 3.05) is 25.2 Å². The van der Waals surface area contributed by atoms with Gasteiger partial charge in [0.05, 0.1) is 29.4 Å².